The number of hydrogen-bond donors (Lipinski definition) is 0. The molecule has 0 radical (unpaired) electrons. The van der Waals surface area contributed by atoms with Crippen molar-refractivity contribution in [3.63, 3.8) is 0 Å². The number of carbonyl (C=O) groups is 2. The fourth-order valence-electron chi connectivity index (χ4n) is 1.22. The predicted octanol–water partition coefficient (Wildman–Crippen LogP) is 0.0594. The Morgan fingerprint density at radius 3 is 2.29 bits per heavy atom. The molecule has 0 aromatic carbocycles. The number of carbonyl (C=O) groups excluding carboxylic acids is 2. The van der Waals surface area contributed by atoms with Gasteiger partial charge in [-0.1, -0.05) is 0 Å². The SMILES string of the molecule is COCCN(CCC(=O)OC)C(=O)C(C)OC. The van der Waals surface area contributed by atoms with E-state index in [0.29, 0.717) is 19.7 Å². The molecule has 0 aromatic heterocycles. The molecular weight excluding hydrogens is 226 g/mol. The normalized spacial score (nSPS) is 12.0. The van der Waals surface area contributed by atoms with Gasteiger partial charge in [0.2, 0.25) is 0 Å². The van der Waals surface area contributed by atoms with Crippen LogP contribution < -0.4 is 0 Å². The summed E-state index contributed by atoms with van der Waals surface area (Å²) in [6, 6.07) is 0. The number of amides is 1. The molecule has 0 spiro atoms. The second-order valence-corrected chi connectivity index (χ2v) is 3.52. The number of esters is 1. The lowest BCUT2D eigenvalue weighted by Crippen LogP contribution is -2.41. The van der Waals surface area contributed by atoms with Crippen molar-refractivity contribution >= 4 is 11.9 Å². The Hall–Kier alpha value is -1.14. The van der Waals surface area contributed by atoms with Crippen LogP contribution in [0.2, 0.25) is 0 Å². The molecule has 0 aliphatic rings. The van der Waals surface area contributed by atoms with Gasteiger partial charge in [-0.25, -0.2) is 0 Å². The van der Waals surface area contributed by atoms with Gasteiger partial charge >= 0.3 is 5.97 Å². The largest absolute Gasteiger partial charge is 0.469 e. The zero-order chi connectivity index (χ0) is 13.3. The Morgan fingerprint density at radius 1 is 1.18 bits per heavy atom. The van der Waals surface area contributed by atoms with Gasteiger partial charge in [0.1, 0.15) is 6.10 Å². The lowest BCUT2D eigenvalue weighted by atomic mass is 10.3. The minimum atomic E-state index is -0.524. The van der Waals surface area contributed by atoms with Crippen LogP contribution in [0.15, 0.2) is 0 Å². The third-order valence-electron chi connectivity index (χ3n) is 2.39. The van der Waals surface area contributed by atoms with Gasteiger partial charge in [-0.3, -0.25) is 9.59 Å². The first-order valence-electron chi connectivity index (χ1n) is 5.44. The van der Waals surface area contributed by atoms with Crippen molar-refractivity contribution in [1.29, 1.82) is 0 Å². The number of nitrogens with zero attached hydrogens (tertiary/aromatic N) is 1. The van der Waals surface area contributed by atoms with E-state index < -0.39 is 6.10 Å². The summed E-state index contributed by atoms with van der Waals surface area (Å²) >= 11 is 0. The maximum absolute atomic E-state index is 11.9. The first-order chi connectivity index (χ1) is 8.06. The standard InChI is InChI=1S/C11H21NO5/c1-9(16-3)11(14)12(7-8-15-2)6-5-10(13)17-4/h9H,5-8H2,1-4H3. The molecule has 1 amide bonds. The van der Waals surface area contributed by atoms with E-state index in [0.717, 1.165) is 0 Å². The summed E-state index contributed by atoms with van der Waals surface area (Å²) in [5.41, 5.74) is 0. The summed E-state index contributed by atoms with van der Waals surface area (Å²) in [6.45, 7) is 2.83. The van der Waals surface area contributed by atoms with E-state index in [9.17, 15) is 9.59 Å². The molecule has 1 unspecified atom stereocenters. The van der Waals surface area contributed by atoms with Gasteiger partial charge in [-0.15, -0.1) is 0 Å². The van der Waals surface area contributed by atoms with Gasteiger partial charge in [0, 0.05) is 27.3 Å². The second kappa shape index (κ2) is 8.95. The lowest BCUT2D eigenvalue weighted by Gasteiger charge is -2.24. The quantitative estimate of drug-likeness (QED) is 0.567. The minimum absolute atomic E-state index is 0.159. The average molecular weight is 247 g/mol. The van der Waals surface area contributed by atoms with Crippen molar-refractivity contribution in [2.45, 2.75) is 19.4 Å². The molecule has 6 heteroatoms. The van der Waals surface area contributed by atoms with Crippen molar-refractivity contribution in [1.82, 2.24) is 4.90 Å². The van der Waals surface area contributed by atoms with Crippen molar-refractivity contribution in [2.75, 3.05) is 41.0 Å². The molecule has 0 saturated carbocycles. The molecule has 0 heterocycles. The second-order valence-electron chi connectivity index (χ2n) is 3.52. The smallest absolute Gasteiger partial charge is 0.307 e. The van der Waals surface area contributed by atoms with Gasteiger partial charge < -0.3 is 19.1 Å². The molecule has 0 rings (SSSR count). The van der Waals surface area contributed by atoms with Crippen LogP contribution in [0.25, 0.3) is 0 Å². The highest BCUT2D eigenvalue weighted by atomic mass is 16.5. The van der Waals surface area contributed by atoms with E-state index in [-0.39, 0.29) is 18.3 Å². The first kappa shape index (κ1) is 15.9. The van der Waals surface area contributed by atoms with Gasteiger partial charge in [-0.05, 0) is 6.92 Å². The highest BCUT2D eigenvalue weighted by Crippen LogP contribution is 2.01. The monoisotopic (exact) mass is 247 g/mol. The number of rotatable bonds is 8. The van der Waals surface area contributed by atoms with Gasteiger partial charge in [0.25, 0.3) is 5.91 Å². The lowest BCUT2D eigenvalue weighted by molar-refractivity contribution is -0.144. The van der Waals surface area contributed by atoms with Crippen LogP contribution in [0.4, 0.5) is 0 Å². The molecule has 0 saturated heterocycles. The minimum Gasteiger partial charge on any atom is -0.469 e. The van der Waals surface area contributed by atoms with Crippen molar-refractivity contribution < 1.29 is 23.8 Å². The fraction of sp³-hybridized carbons (Fsp3) is 0.818. The van der Waals surface area contributed by atoms with E-state index in [1.54, 1.807) is 14.0 Å². The molecule has 6 nitrogen and oxygen atoms in total. The van der Waals surface area contributed by atoms with Crippen LogP contribution in [-0.4, -0.2) is 63.9 Å². The van der Waals surface area contributed by atoms with Crippen LogP contribution in [-0.2, 0) is 23.8 Å². The Kier molecular flexibility index (Phi) is 8.35. The molecule has 0 aromatic rings. The Balaban J connectivity index is 4.31. The third kappa shape index (κ3) is 6.23. The summed E-state index contributed by atoms with van der Waals surface area (Å²) in [5, 5.41) is 0. The van der Waals surface area contributed by atoms with Crippen LogP contribution in [0.5, 0.6) is 0 Å². The summed E-state index contributed by atoms with van der Waals surface area (Å²) in [4.78, 5) is 24.4. The van der Waals surface area contributed by atoms with E-state index >= 15 is 0 Å². The number of methoxy groups -OCH3 is 3. The topological polar surface area (TPSA) is 65.1 Å². The summed E-state index contributed by atoms with van der Waals surface area (Å²) in [5.74, 6) is -0.501. The molecule has 0 bridgehead atoms. The first-order valence-corrected chi connectivity index (χ1v) is 5.44. The molecule has 0 aliphatic carbocycles. The molecule has 17 heavy (non-hydrogen) atoms. The van der Waals surface area contributed by atoms with Crippen molar-refractivity contribution in [2.24, 2.45) is 0 Å². The predicted molar refractivity (Wildman–Crippen MR) is 61.6 cm³/mol. The summed E-state index contributed by atoms with van der Waals surface area (Å²) in [6.07, 6.45) is -0.355. The zero-order valence-corrected chi connectivity index (χ0v) is 10.9. The maximum atomic E-state index is 11.9. The summed E-state index contributed by atoms with van der Waals surface area (Å²) in [7, 11) is 4.35. The number of ether oxygens (including phenoxy) is 3. The molecule has 100 valence electrons. The van der Waals surface area contributed by atoms with Crippen LogP contribution in [0.1, 0.15) is 13.3 Å². The van der Waals surface area contributed by atoms with Crippen LogP contribution >= 0.6 is 0 Å². The molecule has 0 N–H and O–H groups in total. The Bertz CT molecular complexity index is 244. The van der Waals surface area contributed by atoms with Crippen LogP contribution in [0, 0.1) is 0 Å². The Labute approximate surface area is 102 Å². The zero-order valence-electron chi connectivity index (χ0n) is 10.9. The molecular formula is C11H21NO5. The molecule has 0 fully saturated rings. The maximum Gasteiger partial charge on any atom is 0.307 e. The van der Waals surface area contributed by atoms with Gasteiger partial charge in [-0.2, -0.15) is 0 Å². The van der Waals surface area contributed by atoms with Gasteiger partial charge in [0.15, 0.2) is 0 Å². The highest BCUT2D eigenvalue weighted by molar-refractivity contribution is 5.81. The third-order valence-corrected chi connectivity index (χ3v) is 2.39. The van der Waals surface area contributed by atoms with Crippen molar-refractivity contribution in [3.05, 3.63) is 0 Å². The molecule has 1 atom stereocenters. The molecule has 0 aliphatic heterocycles. The van der Waals surface area contributed by atoms with E-state index in [1.807, 2.05) is 0 Å². The fourth-order valence-corrected chi connectivity index (χ4v) is 1.22. The van der Waals surface area contributed by atoms with Crippen LogP contribution in [0.3, 0.4) is 0 Å². The highest BCUT2D eigenvalue weighted by Gasteiger charge is 2.20. The average Bonchev–Trinajstić information content (AvgIpc) is 2.36. The van der Waals surface area contributed by atoms with Gasteiger partial charge in [0.05, 0.1) is 20.1 Å². The van der Waals surface area contributed by atoms with Crippen molar-refractivity contribution in [3.8, 4) is 0 Å². The summed E-state index contributed by atoms with van der Waals surface area (Å²) < 4.78 is 14.4. The van der Waals surface area contributed by atoms with E-state index in [2.05, 4.69) is 4.74 Å². The van der Waals surface area contributed by atoms with E-state index in [1.165, 1.54) is 19.1 Å². The van der Waals surface area contributed by atoms with E-state index in [4.69, 9.17) is 9.47 Å². The number of hydrogen-bond acceptors (Lipinski definition) is 5. The Morgan fingerprint density at radius 2 is 1.82 bits per heavy atom.